The van der Waals surface area contributed by atoms with Crippen LogP contribution in [0.5, 0.6) is 0 Å². The van der Waals surface area contributed by atoms with Gasteiger partial charge in [-0.15, -0.1) is 0 Å². The molecule has 0 bridgehead atoms. The predicted molar refractivity (Wildman–Crippen MR) is 68.3 cm³/mol. The van der Waals surface area contributed by atoms with Crippen molar-refractivity contribution < 1.29 is 8.42 Å². The molecule has 1 fully saturated rings. The molecule has 1 saturated heterocycles. The molecular formula is C12H22N2O2S. The largest absolute Gasteiger partial charge is 0.315 e. The van der Waals surface area contributed by atoms with Crippen molar-refractivity contribution in [3.63, 3.8) is 0 Å². The molecule has 1 rings (SSSR count). The second kappa shape index (κ2) is 5.83. The average molecular weight is 258 g/mol. The second-order valence-electron chi connectivity index (χ2n) is 5.43. The minimum absolute atomic E-state index is 0.188. The average Bonchev–Trinajstić information content (AvgIpc) is 2.58. The van der Waals surface area contributed by atoms with E-state index >= 15 is 0 Å². The van der Waals surface area contributed by atoms with E-state index in [0.29, 0.717) is 12.3 Å². The normalized spacial score (nSPS) is 23.5. The van der Waals surface area contributed by atoms with Gasteiger partial charge in [0, 0.05) is 6.54 Å². The van der Waals surface area contributed by atoms with Crippen LogP contribution in [0.15, 0.2) is 0 Å². The van der Waals surface area contributed by atoms with Crippen LogP contribution in [0.2, 0.25) is 0 Å². The van der Waals surface area contributed by atoms with Crippen molar-refractivity contribution in [3.8, 4) is 6.07 Å². The van der Waals surface area contributed by atoms with E-state index in [1.807, 2.05) is 13.8 Å². The molecule has 0 amide bonds. The maximum atomic E-state index is 11.5. The van der Waals surface area contributed by atoms with Crippen molar-refractivity contribution in [1.29, 1.82) is 5.26 Å². The van der Waals surface area contributed by atoms with Gasteiger partial charge in [0.2, 0.25) is 0 Å². The van der Waals surface area contributed by atoms with E-state index in [2.05, 4.69) is 11.4 Å². The highest BCUT2D eigenvalue weighted by Crippen LogP contribution is 2.21. The molecule has 1 aliphatic rings. The number of nitrogens with zero attached hydrogens (tertiary/aromatic N) is 1. The molecule has 98 valence electrons. The Balaban J connectivity index is 2.16. The molecule has 0 aliphatic carbocycles. The zero-order chi connectivity index (χ0) is 12.9. The molecule has 0 saturated carbocycles. The Morgan fingerprint density at radius 2 is 2.18 bits per heavy atom. The van der Waals surface area contributed by atoms with Crippen LogP contribution in [0.1, 0.15) is 39.5 Å². The Morgan fingerprint density at radius 1 is 1.47 bits per heavy atom. The first-order valence-electron chi connectivity index (χ1n) is 6.21. The first kappa shape index (κ1) is 14.5. The van der Waals surface area contributed by atoms with Crippen LogP contribution in [0.25, 0.3) is 0 Å². The number of nitriles is 1. The lowest BCUT2D eigenvalue weighted by molar-refractivity contribution is 0.425. The highest BCUT2D eigenvalue weighted by molar-refractivity contribution is 7.92. The Hall–Kier alpha value is -0.600. The van der Waals surface area contributed by atoms with E-state index in [1.165, 1.54) is 0 Å². The standard InChI is InChI=1S/C12H22N2O2S/c1-12(2,10-13)6-4-7-14-9-11-5-3-8-17(11,15)16/h11,14H,3-9H2,1-2H3. The maximum absolute atomic E-state index is 11.5. The second-order valence-corrected chi connectivity index (χ2v) is 7.84. The van der Waals surface area contributed by atoms with Crippen LogP contribution in [-0.4, -0.2) is 32.5 Å². The lowest BCUT2D eigenvalue weighted by Gasteiger charge is -2.15. The van der Waals surface area contributed by atoms with E-state index in [-0.39, 0.29) is 10.7 Å². The summed E-state index contributed by atoms with van der Waals surface area (Å²) in [6.45, 7) is 5.20. The fraction of sp³-hybridized carbons (Fsp3) is 0.917. The summed E-state index contributed by atoms with van der Waals surface area (Å²) in [7, 11) is -2.82. The fourth-order valence-electron chi connectivity index (χ4n) is 2.06. The van der Waals surface area contributed by atoms with E-state index in [4.69, 9.17) is 5.26 Å². The molecule has 17 heavy (non-hydrogen) atoms. The van der Waals surface area contributed by atoms with Crippen molar-refractivity contribution in [3.05, 3.63) is 0 Å². The van der Waals surface area contributed by atoms with Crippen molar-refractivity contribution in [2.24, 2.45) is 5.41 Å². The van der Waals surface area contributed by atoms with Gasteiger partial charge in [0.15, 0.2) is 9.84 Å². The van der Waals surface area contributed by atoms with Gasteiger partial charge in [0.1, 0.15) is 0 Å². The number of rotatable bonds is 6. The Bertz CT molecular complexity index is 382. The number of nitrogens with one attached hydrogen (secondary N) is 1. The molecule has 5 heteroatoms. The molecule has 1 aliphatic heterocycles. The molecule has 0 aromatic heterocycles. The topological polar surface area (TPSA) is 70.0 Å². The molecule has 1 heterocycles. The van der Waals surface area contributed by atoms with E-state index in [1.54, 1.807) is 0 Å². The summed E-state index contributed by atoms with van der Waals surface area (Å²) in [6.07, 6.45) is 3.34. The summed E-state index contributed by atoms with van der Waals surface area (Å²) in [5.74, 6) is 0.348. The number of hydrogen-bond donors (Lipinski definition) is 1. The quantitative estimate of drug-likeness (QED) is 0.733. The van der Waals surface area contributed by atoms with E-state index < -0.39 is 9.84 Å². The van der Waals surface area contributed by atoms with Gasteiger partial charge in [-0.25, -0.2) is 8.42 Å². The van der Waals surface area contributed by atoms with Crippen LogP contribution < -0.4 is 5.32 Å². The molecule has 1 atom stereocenters. The Labute approximate surface area is 104 Å². The van der Waals surface area contributed by atoms with Gasteiger partial charge in [0.25, 0.3) is 0 Å². The Morgan fingerprint density at radius 3 is 2.71 bits per heavy atom. The minimum atomic E-state index is -2.82. The predicted octanol–water partition coefficient (Wildman–Crippen LogP) is 1.48. The van der Waals surface area contributed by atoms with Gasteiger partial charge < -0.3 is 5.32 Å². The van der Waals surface area contributed by atoms with E-state index in [9.17, 15) is 8.42 Å². The first-order valence-corrected chi connectivity index (χ1v) is 7.92. The Kier molecular flexibility index (Phi) is 4.96. The third-order valence-electron chi connectivity index (χ3n) is 3.29. The highest BCUT2D eigenvalue weighted by atomic mass is 32.2. The smallest absolute Gasteiger partial charge is 0.154 e. The fourth-order valence-corrected chi connectivity index (χ4v) is 3.86. The van der Waals surface area contributed by atoms with Crippen molar-refractivity contribution in [1.82, 2.24) is 5.32 Å². The zero-order valence-electron chi connectivity index (χ0n) is 10.7. The van der Waals surface area contributed by atoms with Gasteiger partial charge in [-0.3, -0.25) is 0 Å². The van der Waals surface area contributed by atoms with Crippen LogP contribution in [0.3, 0.4) is 0 Å². The molecular weight excluding hydrogens is 236 g/mol. The summed E-state index contributed by atoms with van der Waals surface area (Å²) >= 11 is 0. The summed E-state index contributed by atoms with van der Waals surface area (Å²) in [6, 6.07) is 2.26. The van der Waals surface area contributed by atoms with Gasteiger partial charge in [-0.1, -0.05) is 0 Å². The molecule has 4 nitrogen and oxygen atoms in total. The monoisotopic (exact) mass is 258 g/mol. The van der Waals surface area contributed by atoms with Crippen molar-refractivity contribution in [2.75, 3.05) is 18.8 Å². The van der Waals surface area contributed by atoms with Crippen molar-refractivity contribution in [2.45, 2.75) is 44.8 Å². The summed E-state index contributed by atoms with van der Waals surface area (Å²) in [5.41, 5.74) is -0.277. The van der Waals surface area contributed by atoms with Crippen LogP contribution >= 0.6 is 0 Å². The third-order valence-corrected chi connectivity index (χ3v) is 5.57. The molecule has 0 aromatic rings. The SMILES string of the molecule is CC(C)(C#N)CCCNCC1CCCS1(=O)=O. The zero-order valence-corrected chi connectivity index (χ0v) is 11.5. The summed E-state index contributed by atoms with van der Waals surface area (Å²) in [5, 5.41) is 11.8. The lowest BCUT2D eigenvalue weighted by Crippen LogP contribution is -2.31. The molecule has 0 radical (unpaired) electrons. The lowest BCUT2D eigenvalue weighted by atomic mass is 9.90. The third kappa shape index (κ3) is 4.64. The minimum Gasteiger partial charge on any atom is -0.315 e. The summed E-state index contributed by atoms with van der Waals surface area (Å²) < 4.78 is 23.1. The highest BCUT2D eigenvalue weighted by Gasteiger charge is 2.30. The molecule has 1 N–H and O–H groups in total. The summed E-state index contributed by atoms with van der Waals surface area (Å²) in [4.78, 5) is 0. The first-order chi connectivity index (χ1) is 7.87. The van der Waals surface area contributed by atoms with Gasteiger partial charge in [0.05, 0.1) is 22.5 Å². The van der Waals surface area contributed by atoms with Crippen LogP contribution in [-0.2, 0) is 9.84 Å². The number of sulfone groups is 1. The van der Waals surface area contributed by atoms with Gasteiger partial charge in [-0.2, -0.15) is 5.26 Å². The maximum Gasteiger partial charge on any atom is 0.154 e. The molecule has 0 spiro atoms. The van der Waals surface area contributed by atoms with Gasteiger partial charge in [-0.05, 0) is 46.1 Å². The molecule has 1 unspecified atom stereocenters. The van der Waals surface area contributed by atoms with Gasteiger partial charge >= 0.3 is 0 Å². The number of hydrogen-bond acceptors (Lipinski definition) is 4. The molecule has 0 aromatic carbocycles. The van der Waals surface area contributed by atoms with E-state index in [0.717, 1.165) is 32.2 Å². The van der Waals surface area contributed by atoms with Crippen molar-refractivity contribution >= 4 is 9.84 Å². The van der Waals surface area contributed by atoms with Crippen LogP contribution in [0.4, 0.5) is 0 Å². The van der Waals surface area contributed by atoms with Crippen LogP contribution in [0, 0.1) is 16.7 Å².